The van der Waals surface area contributed by atoms with Crippen LogP contribution in [-0.4, -0.2) is 45.1 Å². The summed E-state index contributed by atoms with van der Waals surface area (Å²) in [7, 11) is -3.58. The molecule has 0 radical (unpaired) electrons. The zero-order chi connectivity index (χ0) is 21.1. The second-order valence-corrected chi connectivity index (χ2v) is 7.90. The molecular formula is C17H18F2N2O6S. The molecule has 0 fully saturated rings. The van der Waals surface area contributed by atoms with Gasteiger partial charge in [-0.05, 0) is 25.1 Å². The Morgan fingerprint density at radius 3 is 2.64 bits per heavy atom. The summed E-state index contributed by atoms with van der Waals surface area (Å²) in [5, 5.41) is 3.03. The standard InChI is InChI=1S/C17H18F2N2O6S/c1-3-27-15(23)10-21-13-6-5-11(9-12(13)17(18,19)16(21)24)20-14(22)7-8-28(25,26)4-2/h4-6,9H,2-3,7-8,10H2,1H3,(H,20,22). The van der Waals surface area contributed by atoms with Gasteiger partial charge in [0, 0.05) is 17.5 Å². The molecule has 1 aliphatic heterocycles. The number of anilines is 2. The molecule has 0 saturated heterocycles. The Morgan fingerprint density at radius 2 is 2.04 bits per heavy atom. The zero-order valence-electron chi connectivity index (χ0n) is 14.9. The van der Waals surface area contributed by atoms with Gasteiger partial charge in [0.25, 0.3) is 0 Å². The molecule has 1 aromatic carbocycles. The van der Waals surface area contributed by atoms with E-state index in [-0.39, 0.29) is 18.0 Å². The van der Waals surface area contributed by atoms with Gasteiger partial charge in [0.1, 0.15) is 6.54 Å². The van der Waals surface area contributed by atoms with E-state index < -0.39 is 57.8 Å². The van der Waals surface area contributed by atoms with Crippen LogP contribution in [0.1, 0.15) is 18.9 Å². The van der Waals surface area contributed by atoms with E-state index in [0.29, 0.717) is 4.90 Å². The van der Waals surface area contributed by atoms with E-state index in [1.807, 2.05) is 0 Å². The van der Waals surface area contributed by atoms with Crippen LogP contribution >= 0.6 is 0 Å². The second kappa shape index (κ2) is 8.05. The summed E-state index contributed by atoms with van der Waals surface area (Å²) in [6.07, 6.45) is -0.393. The molecule has 152 valence electrons. The molecule has 0 saturated carbocycles. The number of halogens is 2. The van der Waals surface area contributed by atoms with Gasteiger partial charge >= 0.3 is 17.8 Å². The van der Waals surface area contributed by atoms with Crippen LogP contribution in [-0.2, 0) is 34.9 Å². The molecule has 0 atom stereocenters. The molecule has 1 aromatic rings. The van der Waals surface area contributed by atoms with Crippen molar-refractivity contribution < 1.29 is 36.3 Å². The first kappa shape index (κ1) is 21.5. The van der Waals surface area contributed by atoms with Gasteiger partial charge in [0.15, 0.2) is 9.84 Å². The van der Waals surface area contributed by atoms with Crippen molar-refractivity contribution >= 4 is 39.0 Å². The number of amides is 2. The van der Waals surface area contributed by atoms with Crippen LogP contribution in [0.2, 0.25) is 0 Å². The Bertz CT molecular complexity index is 930. The number of rotatable bonds is 8. The summed E-state index contributed by atoms with van der Waals surface area (Å²) in [4.78, 5) is 36.1. The lowest BCUT2D eigenvalue weighted by Crippen LogP contribution is -2.38. The van der Waals surface area contributed by atoms with Gasteiger partial charge in [0.2, 0.25) is 5.91 Å². The highest BCUT2D eigenvalue weighted by Crippen LogP contribution is 2.45. The van der Waals surface area contributed by atoms with E-state index in [1.54, 1.807) is 6.92 Å². The zero-order valence-corrected chi connectivity index (χ0v) is 15.7. The number of nitrogens with one attached hydrogen (secondary N) is 1. The summed E-state index contributed by atoms with van der Waals surface area (Å²) in [6.45, 7) is 4.04. The van der Waals surface area contributed by atoms with Crippen molar-refractivity contribution in [3.63, 3.8) is 0 Å². The molecule has 28 heavy (non-hydrogen) atoms. The van der Waals surface area contributed by atoms with E-state index in [1.165, 1.54) is 12.1 Å². The topological polar surface area (TPSA) is 110 Å². The normalized spacial score (nSPS) is 15.1. The van der Waals surface area contributed by atoms with Crippen LogP contribution in [0.5, 0.6) is 0 Å². The van der Waals surface area contributed by atoms with Gasteiger partial charge in [-0.2, -0.15) is 8.78 Å². The SMILES string of the molecule is C=CS(=O)(=O)CCC(=O)Nc1ccc2c(c1)C(F)(F)C(=O)N2CC(=O)OCC. The minimum Gasteiger partial charge on any atom is -0.465 e. The first-order chi connectivity index (χ1) is 13.0. The van der Waals surface area contributed by atoms with Crippen molar-refractivity contribution in [3.8, 4) is 0 Å². The van der Waals surface area contributed by atoms with Crippen LogP contribution in [0, 0.1) is 0 Å². The molecule has 0 unspecified atom stereocenters. The van der Waals surface area contributed by atoms with Crippen molar-refractivity contribution in [2.45, 2.75) is 19.3 Å². The van der Waals surface area contributed by atoms with Crippen molar-refractivity contribution in [1.29, 1.82) is 0 Å². The van der Waals surface area contributed by atoms with Crippen LogP contribution < -0.4 is 10.2 Å². The molecule has 8 nitrogen and oxygen atoms in total. The number of alkyl halides is 2. The number of hydrogen-bond donors (Lipinski definition) is 1. The minimum absolute atomic E-state index is 0.0368. The van der Waals surface area contributed by atoms with Gasteiger partial charge in [-0.1, -0.05) is 6.58 Å². The van der Waals surface area contributed by atoms with Crippen LogP contribution in [0.4, 0.5) is 20.2 Å². The third-order valence-electron chi connectivity index (χ3n) is 3.88. The Kier molecular flexibility index (Phi) is 6.17. The van der Waals surface area contributed by atoms with E-state index in [0.717, 1.165) is 11.5 Å². The van der Waals surface area contributed by atoms with Crippen LogP contribution in [0.25, 0.3) is 0 Å². The van der Waals surface area contributed by atoms with Gasteiger partial charge < -0.3 is 10.1 Å². The molecule has 2 rings (SSSR count). The van der Waals surface area contributed by atoms with Gasteiger partial charge in [-0.3, -0.25) is 19.3 Å². The lowest BCUT2D eigenvalue weighted by atomic mass is 10.1. The number of ether oxygens (including phenoxy) is 1. The first-order valence-electron chi connectivity index (χ1n) is 8.16. The van der Waals surface area contributed by atoms with E-state index >= 15 is 0 Å². The van der Waals surface area contributed by atoms with E-state index in [4.69, 9.17) is 0 Å². The molecule has 0 bridgehead atoms. The van der Waals surface area contributed by atoms with Gasteiger partial charge in [-0.25, -0.2) is 8.42 Å². The fourth-order valence-electron chi connectivity index (χ4n) is 2.53. The number of nitrogens with zero attached hydrogens (tertiary/aromatic N) is 1. The number of carbonyl (C=O) groups excluding carboxylic acids is 3. The highest BCUT2D eigenvalue weighted by atomic mass is 32.2. The number of sulfone groups is 1. The molecule has 0 spiro atoms. The molecule has 0 aliphatic carbocycles. The lowest BCUT2D eigenvalue weighted by Gasteiger charge is -2.16. The number of carbonyl (C=O) groups is 3. The molecule has 1 heterocycles. The Labute approximate surface area is 160 Å². The van der Waals surface area contributed by atoms with E-state index in [2.05, 4.69) is 16.6 Å². The number of fused-ring (bicyclic) bond motifs is 1. The molecule has 0 aromatic heterocycles. The highest BCUT2D eigenvalue weighted by molar-refractivity contribution is 7.94. The third-order valence-corrected chi connectivity index (χ3v) is 5.16. The fraction of sp³-hybridized carbons (Fsp3) is 0.353. The van der Waals surface area contributed by atoms with Gasteiger partial charge in [-0.15, -0.1) is 0 Å². The highest BCUT2D eigenvalue weighted by Gasteiger charge is 2.53. The molecule has 1 N–H and O–H groups in total. The van der Waals surface area contributed by atoms with Crippen molar-refractivity contribution in [2.75, 3.05) is 29.1 Å². The van der Waals surface area contributed by atoms with Gasteiger partial charge in [0.05, 0.1) is 23.6 Å². The monoisotopic (exact) mass is 416 g/mol. The number of hydrogen-bond acceptors (Lipinski definition) is 6. The summed E-state index contributed by atoms with van der Waals surface area (Å²) >= 11 is 0. The second-order valence-electron chi connectivity index (χ2n) is 5.83. The molecular weight excluding hydrogens is 398 g/mol. The summed E-state index contributed by atoms with van der Waals surface area (Å²) < 4.78 is 56.0. The minimum atomic E-state index is -3.88. The lowest BCUT2D eigenvalue weighted by molar-refractivity contribution is -0.146. The Hall–Kier alpha value is -2.82. The van der Waals surface area contributed by atoms with Crippen LogP contribution in [0.3, 0.4) is 0 Å². The number of benzene rings is 1. The van der Waals surface area contributed by atoms with Crippen LogP contribution in [0.15, 0.2) is 30.2 Å². The quantitative estimate of drug-likeness (QED) is 0.645. The maximum atomic E-state index is 14.3. The van der Waals surface area contributed by atoms with E-state index in [9.17, 15) is 31.6 Å². The maximum absolute atomic E-state index is 14.3. The number of esters is 1. The third kappa shape index (κ3) is 4.53. The Balaban J connectivity index is 2.20. The molecule has 2 amide bonds. The average Bonchev–Trinajstić information content (AvgIpc) is 2.81. The smallest absolute Gasteiger partial charge is 0.352 e. The largest absolute Gasteiger partial charge is 0.465 e. The molecule has 1 aliphatic rings. The Morgan fingerprint density at radius 1 is 1.36 bits per heavy atom. The average molecular weight is 416 g/mol. The van der Waals surface area contributed by atoms with Crippen molar-refractivity contribution in [3.05, 3.63) is 35.7 Å². The predicted molar refractivity (Wildman–Crippen MR) is 96.6 cm³/mol. The molecule has 11 heteroatoms. The summed E-state index contributed by atoms with van der Waals surface area (Å²) in [5.74, 6) is -7.47. The van der Waals surface area contributed by atoms with Crippen molar-refractivity contribution in [1.82, 2.24) is 0 Å². The first-order valence-corrected chi connectivity index (χ1v) is 9.88. The summed E-state index contributed by atoms with van der Waals surface area (Å²) in [6, 6.07) is 3.35. The maximum Gasteiger partial charge on any atom is 0.352 e. The predicted octanol–water partition coefficient (Wildman–Crippen LogP) is 1.58. The van der Waals surface area contributed by atoms with Crippen molar-refractivity contribution in [2.24, 2.45) is 0 Å². The fourth-order valence-corrected chi connectivity index (χ4v) is 3.17. The summed E-state index contributed by atoms with van der Waals surface area (Å²) in [5.41, 5.74) is -0.876.